The van der Waals surface area contributed by atoms with E-state index in [-0.39, 0.29) is 12.5 Å². The van der Waals surface area contributed by atoms with E-state index in [0.717, 1.165) is 28.1 Å². The minimum Gasteiger partial charge on any atom is -0.496 e. The maximum absolute atomic E-state index is 12.1. The molecule has 116 valence electrons. The van der Waals surface area contributed by atoms with Crippen molar-refractivity contribution in [3.05, 3.63) is 59.2 Å². The number of ether oxygens (including phenoxy) is 1. The predicted octanol–water partition coefficient (Wildman–Crippen LogP) is 2.72. The number of carbonyl (C=O) groups is 1. The van der Waals surface area contributed by atoms with Gasteiger partial charge in [0.1, 0.15) is 5.75 Å². The topological polar surface area (TPSA) is 58.6 Å². The Hall–Kier alpha value is -2.33. The number of carbonyl (C=O) groups excluding carboxylic acids is 1. The van der Waals surface area contributed by atoms with Gasteiger partial charge in [0, 0.05) is 12.3 Å². The van der Waals surface area contributed by atoms with E-state index in [2.05, 4.69) is 5.32 Å². The highest BCUT2D eigenvalue weighted by atomic mass is 16.5. The third-order valence-electron chi connectivity index (χ3n) is 3.48. The molecule has 0 aromatic heterocycles. The predicted molar refractivity (Wildman–Crippen MR) is 87.3 cm³/mol. The number of aryl methyl sites for hydroxylation is 1. The van der Waals surface area contributed by atoms with Gasteiger partial charge in [0.15, 0.2) is 0 Å². The van der Waals surface area contributed by atoms with Crippen LogP contribution in [-0.2, 0) is 17.6 Å². The van der Waals surface area contributed by atoms with Crippen LogP contribution in [0.1, 0.15) is 16.7 Å². The molecule has 2 N–H and O–H groups in total. The van der Waals surface area contributed by atoms with Crippen LogP contribution in [0, 0.1) is 6.92 Å². The third kappa shape index (κ3) is 4.33. The molecule has 4 nitrogen and oxygen atoms in total. The number of aliphatic hydroxyl groups excluding tert-OH is 1. The first-order valence-corrected chi connectivity index (χ1v) is 7.25. The van der Waals surface area contributed by atoms with Crippen LogP contribution in [0.4, 0.5) is 5.69 Å². The summed E-state index contributed by atoms with van der Waals surface area (Å²) in [5, 5.41) is 11.8. The summed E-state index contributed by atoms with van der Waals surface area (Å²) in [6.07, 6.45) is 0.923. The first-order chi connectivity index (χ1) is 10.6. The fourth-order valence-electron chi connectivity index (χ4n) is 2.25. The van der Waals surface area contributed by atoms with E-state index in [9.17, 15) is 4.79 Å². The van der Waals surface area contributed by atoms with Gasteiger partial charge in [-0.3, -0.25) is 4.79 Å². The highest BCUT2D eigenvalue weighted by Gasteiger charge is 2.07. The van der Waals surface area contributed by atoms with Gasteiger partial charge in [-0.2, -0.15) is 0 Å². The number of aliphatic hydroxyl groups is 1. The molecule has 0 atom stereocenters. The van der Waals surface area contributed by atoms with E-state index < -0.39 is 0 Å². The van der Waals surface area contributed by atoms with Crippen LogP contribution in [-0.4, -0.2) is 24.7 Å². The van der Waals surface area contributed by atoms with Crippen molar-refractivity contribution in [1.29, 1.82) is 0 Å². The lowest BCUT2D eigenvalue weighted by atomic mass is 10.1. The number of rotatable bonds is 6. The Morgan fingerprint density at radius 2 is 1.82 bits per heavy atom. The lowest BCUT2D eigenvalue weighted by Gasteiger charge is -2.09. The average Bonchev–Trinajstić information content (AvgIpc) is 2.51. The highest BCUT2D eigenvalue weighted by molar-refractivity contribution is 5.92. The molecule has 0 aliphatic rings. The normalized spacial score (nSPS) is 10.3. The molecular weight excluding hydrogens is 278 g/mol. The van der Waals surface area contributed by atoms with Gasteiger partial charge in [-0.15, -0.1) is 0 Å². The number of benzene rings is 2. The Morgan fingerprint density at radius 1 is 1.14 bits per heavy atom. The zero-order valence-electron chi connectivity index (χ0n) is 12.9. The number of methoxy groups -OCH3 is 1. The number of amides is 1. The minimum atomic E-state index is -0.0687. The Labute approximate surface area is 130 Å². The van der Waals surface area contributed by atoms with E-state index in [1.54, 1.807) is 7.11 Å². The first-order valence-electron chi connectivity index (χ1n) is 7.25. The summed E-state index contributed by atoms with van der Waals surface area (Å²) in [7, 11) is 1.63. The molecule has 1 amide bonds. The first kappa shape index (κ1) is 16.0. The number of hydrogen-bond donors (Lipinski definition) is 2. The standard InChI is InChI=1S/C18H21NO3/c1-13-3-4-15(11-17(13)22-2)12-18(21)19-16-7-5-14(6-8-16)9-10-20/h3-8,11,20H,9-10,12H2,1-2H3,(H,19,21). The van der Waals surface area contributed by atoms with Crippen LogP contribution in [0.5, 0.6) is 5.75 Å². The van der Waals surface area contributed by atoms with Gasteiger partial charge in [0.2, 0.25) is 5.91 Å². The average molecular weight is 299 g/mol. The summed E-state index contributed by atoms with van der Waals surface area (Å²) in [5.41, 5.74) is 3.76. The minimum absolute atomic E-state index is 0.0687. The SMILES string of the molecule is COc1cc(CC(=O)Nc2ccc(CCO)cc2)ccc1C. The Kier molecular flexibility index (Phi) is 5.55. The molecule has 2 aromatic rings. The number of anilines is 1. The fraction of sp³-hybridized carbons (Fsp3) is 0.278. The molecular formula is C18H21NO3. The van der Waals surface area contributed by atoms with Crippen molar-refractivity contribution in [2.45, 2.75) is 19.8 Å². The highest BCUT2D eigenvalue weighted by Crippen LogP contribution is 2.19. The van der Waals surface area contributed by atoms with Crippen molar-refractivity contribution in [1.82, 2.24) is 0 Å². The van der Waals surface area contributed by atoms with Crippen molar-refractivity contribution in [3.63, 3.8) is 0 Å². The molecule has 0 spiro atoms. The van der Waals surface area contributed by atoms with Crippen LogP contribution in [0.2, 0.25) is 0 Å². The summed E-state index contributed by atoms with van der Waals surface area (Å²) in [4.78, 5) is 12.1. The molecule has 4 heteroatoms. The molecule has 0 aliphatic heterocycles. The molecule has 0 aliphatic carbocycles. The lowest BCUT2D eigenvalue weighted by molar-refractivity contribution is -0.115. The van der Waals surface area contributed by atoms with Gasteiger partial charge in [-0.25, -0.2) is 0 Å². The third-order valence-corrected chi connectivity index (χ3v) is 3.48. The molecule has 2 rings (SSSR count). The van der Waals surface area contributed by atoms with Gasteiger partial charge in [-0.05, 0) is 48.2 Å². The van der Waals surface area contributed by atoms with Crippen LogP contribution < -0.4 is 10.1 Å². The zero-order chi connectivity index (χ0) is 15.9. The number of nitrogens with one attached hydrogen (secondary N) is 1. The van der Waals surface area contributed by atoms with Crippen LogP contribution >= 0.6 is 0 Å². The van der Waals surface area contributed by atoms with Crippen LogP contribution in [0.15, 0.2) is 42.5 Å². The number of hydrogen-bond acceptors (Lipinski definition) is 3. The van der Waals surface area contributed by atoms with Crippen molar-refractivity contribution in [2.24, 2.45) is 0 Å². The molecule has 0 bridgehead atoms. The zero-order valence-corrected chi connectivity index (χ0v) is 12.9. The maximum Gasteiger partial charge on any atom is 0.228 e. The van der Waals surface area contributed by atoms with Gasteiger partial charge in [0.25, 0.3) is 0 Å². The van der Waals surface area contributed by atoms with Gasteiger partial charge >= 0.3 is 0 Å². The van der Waals surface area contributed by atoms with Crippen molar-refractivity contribution >= 4 is 11.6 Å². The maximum atomic E-state index is 12.1. The monoisotopic (exact) mass is 299 g/mol. The fourth-order valence-corrected chi connectivity index (χ4v) is 2.25. The molecule has 22 heavy (non-hydrogen) atoms. The van der Waals surface area contributed by atoms with Crippen molar-refractivity contribution < 1.29 is 14.6 Å². The molecule has 0 fully saturated rings. The smallest absolute Gasteiger partial charge is 0.228 e. The van der Waals surface area contributed by atoms with Gasteiger partial charge in [0.05, 0.1) is 13.5 Å². The second-order valence-corrected chi connectivity index (χ2v) is 5.20. The lowest BCUT2D eigenvalue weighted by Crippen LogP contribution is -2.14. The molecule has 0 saturated heterocycles. The van der Waals surface area contributed by atoms with E-state index in [0.29, 0.717) is 12.8 Å². The second-order valence-electron chi connectivity index (χ2n) is 5.20. The quantitative estimate of drug-likeness (QED) is 0.862. The van der Waals surface area contributed by atoms with Crippen molar-refractivity contribution in [2.75, 3.05) is 19.0 Å². The van der Waals surface area contributed by atoms with Crippen molar-refractivity contribution in [3.8, 4) is 5.75 Å². The van der Waals surface area contributed by atoms with Crippen LogP contribution in [0.25, 0.3) is 0 Å². The largest absolute Gasteiger partial charge is 0.496 e. The van der Waals surface area contributed by atoms with Gasteiger partial charge < -0.3 is 15.2 Å². The van der Waals surface area contributed by atoms with Gasteiger partial charge in [-0.1, -0.05) is 24.3 Å². The Balaban J connectivity index is 1.97. The molecule has 0 saturated carbocycles. The Morgan fingerprint density at radius 3 is 2.45 bits per heavy atom. The molecule has 0 unspecified atom stereocenters. The Bertz CT molecular complexity index is 635. The molecule has 0 radical (unpaired) electrons. The second kappa shape index (κ2) is 7.61. The summed E-state index contributed by atoms with van der Waals surface area (Å²) in [5.74, 6) is 0.722. The summed E-state index contributed by atoms with van der Waals surface area (Å²) < 4.78 is 5.27. The summed E-state index contributed by atoms with van der Waals surface area (Å²) in [6, 6.07) is 13.3. The molecule has 0 heterocycles. The van der Waals surface area contributed by atoms with E-state index in [4.69, 9.17) is 9.84 Å². The van der Waals surface area contributed by atoms with Crippen LogP contribution in [0.3, 0.4) is 0 Å². The summed E-state index contributed by atoms with van der Waals surface area (Å²) in [6.45, 7) is 2.09. The van der Waals surface area contributed by atoms with E-state index in [1.807, 2.05) is 49.4 Å². The molecule has 2 aromatic carbocycles. The summed E-state index contributed by atoms with van der Waals surface area (Å²) >= 11 is 0. The van der Waals surface area contributed by atoms with E-state index in [1.165, 1.54) is 0 Å². The van der Waals surface area contributed by atoms with E-state index >= 15 is 0 Å².